The molecule has 11 nitrogen and oxygen atoms in total. The van der Waals surface area contributed by atoms with Gasteiger partial charge in [-0.1, -0.05) is 12.1 Å². The molecule has 0 radical (unpaired) electrons. The number of ether oxygens (including phenoxy) is 3. The maximum atomic E-state index is 12.2. The number of carbonyl (C=O) groups is 2. The fourth-order valence-electron chi connectivity index (χ4n) is 2.88. The summed E-state index contributed by atoms with van der Waals surface area (Å²) in [4.78, 5) is 36.8. The fourth-order valence-corrected chi connectivity index (χ4v) is 2.88. The van der Waals surface area contributed by atoms with E-state index in [2.05, 4.69) is 25.6 Å². The smallest absolute Gasteiger partial charge is 0.315 e. The van der Waals surface area contributed by atoms with E-state index in [1.807, 2.05) is 6.92 Å². The molecule has 4 N–H and O–H groups in total. The Morgan fingerprint density at radius 2 is 1.79 bits per heavy atom. The Kier molecular flexibility index (Phi) is 7.58. The van der Waals surface area contributed by atoms with Crippen molar-refractivity contribution < 1.29 is 23.8 Å². The molecule has 0 aliphatic rings. The molecule has 0 fully saturated rings. The first-order valence-electron chi connectivity index (χ1n) is 10.0. The van der Waals surface area contributed by atoms with Gasteiger partial charge in [0.25, 0.3) is 11.8 Å². The summed E-state index contributed by atoms with van der Waals surface area (Å²) in [6.45, 7) is 2.52. The van der Waals surface area contributed by atoms with Gasteiger partial charge >= 0.3 is 6.03 Å². The number of hydrogen-bond acceptors (Lipinski definition) is 8. The SMILES string of the molecule is CCNC(=O)NCc1cc(-c2nc(OC)c(Oc3ccccc3OC)c(C(N)=O)n2)ccn1. The predicted octanol–water partition coefficient (Wildman–Crippen LogP) is 2.27. The second-order valence-corrected chi connectivity index (χ2v) is 6.60. The van der Waals surface area contributed by atoms with Crippen LogP contribution in [0.5, 0.6) is 23.1 Å². The van der Waals surface area contributed by atoms with Crippen LogP contribution in [0.15, 0.2) is 42.6 Å². The maximum Gasteiger partial charge on any atom is 0.315 e. The van der Waals surface area contributed by atoms with Gasteiger partial charge in [0.15, 0.2) is 23.0 Å². The number of carbonyl (C=O) groups excluding carboxylic acids is 2. The number of nitrogens with two attached hydrogens (primary N) is 1. The zero-order valence-corrected chi connectivity index (χ0v) is 18.4. The summed E-state index contributed by atoms with van der Waals surface area (Å²) in [7, 11) is 2.88. The number of urea groups is 1. The Bertz CT molecular complexity index is 1150. The van der Waals surface area contributed by atoms with E-state index in [1.54, 1.807) is 42.6 Å². The van der Waals surface area contributed by atoms with Crippen LogP contribution in [0.3, 0.4) is 0 Å². The first kappa shape index (κ1) is 23.3. The number of pyridine rings is 1. The Hall–Kier alpha value is -4.41. The number of nitrogens with one attached hydrogen (secondary N) is 2. The maximum absolute atomic E-state index is 12.2. The minimum atomic E-state index is -0.825. The molecule has 0 aliphatic heterocycles. The summed E-state index contributed by atoms with van der Waals surface area (Å²) >= 11 is 0. The summed E-state index contributed by atoms with van der Waals surface area (Å²) < 4.78 is 16.5. The summed E-state index contributed by atoms with van der Waals surface area (Å²) in [6, 6.07) is 9.93. The van der Waals surface area contributed by atoms with E-state index in [0.29, 0.717) is 29.3 Å². The molecule has 2 aromatic heterocycles. The van der Waals surface area contributed by atoms with Crippen molar-refractivity contribution in [1.29, 1.82) is 0 Å². The molecule has 0 unspecified atom stereocenters. The van der Waals surface area contributed by atoms with E-state index < -0.39 is 5.91 Å². The molecule has 2 heterocycles. The number of hydrogen-bond donors (Lipinski definition) is 3. The predicted molar refractivity (Wildman–Crippen MR) is 119 cm³/mol. The van der Waals surface area contributed by atoms with Crippen molar-refractivity contribution in [3.8, 4) is 34.5 Å². The van der Waals surface area contributed by atoms with Crippen LogP contribution in [-0.4, -0.2) is 47.7 Å². The van der Waals surface area contributed by atoms with Crippen LogP contribution in [0.4, 0.5) is 4.79 Å². The van der Waals surface area contributed by atoms with E-state index in [1.165, 1.54) is 14.2 Å². The lowest BCUT2D eigenvalue weighted by Crippen LogP contribution is -2.34. The molecule has 3 aromatic rings. The zero-order chi connectivity index (χ0) is 23.8. The molecule has 3 amide bonds. The van der Waals surface area contributed by atoms with E-state index in [4.69, 9.17) is 19.9 Å². The number of aromatic nitrogens is 3. The monoisotopic (exact) mass is 452 g/mol. The van der Waals surface area contributed by atoms with Crippen molar-refractivity contribution in [2.45, 2.75) is 13.5 Å². The first-order chi connectivity index (χ1) is 16.0. The molecule has 1 aromatic carbocycles. The van der Waals surface area contributed by atoms with Gasteiger partial charge < -0.3 is 30.6 Å². The number of para-hydroxylation sites is 2. The van der Waals surface area contributed by atoms with Gasteiger partial charge in [-0.05, 0) is 31.2 Å². The van der Waals surface area contributed by atoms with Gasteiger partial charge in [-0.25, -0.2) is 9.78 Å². The zero-order valence-electron chi connectivity index (χ0n) is 18.4. The Morgan fingerprint density at radius 3 is 2.45 bits per heavy atom. The van der Waals surface area contributed by atoms with Crippen LogP contribution in [-0.2, 0) is 6.54 Å². The molecule has 0 saturated heterocycles. The molecule has 3 rings (SSSR count). The Balaban J connectivity index is 1.98. The lowest BCUT2D eigenvalue weighted by molar-refractivity contribution is 0.0992. The van der Waals surface area contributed by atoms with Gasteiger partial charge in [-0.15, -0.1) is 0 Å². The normalized spacial score (nSPS) is 10.3. The third kappa shape index (κ3) is 5.64. The van der Waals surface area contributed by atoms with Crippen molar-refractivity contribution in [2.24, 2.45) is 5.73 Å². The lowest BCUT2D eigenvalue weighted by atomic mass is 10.2. The van der Waals surface area contributed by atoms with E-state index >= 15 is 0 Å². The largest absolute Gasteiger partial charge is 0.493 e. The molecule has 172 valence electrons. The van der Waals surface area contributed by atoms with Crippen molar-refractivity contribution in [3.63, 3.8) is 0 Å². The third-order valence-corrected chi connectivity index (χ3v) is 4.38. The number of rotatable bonds is 9. The number of primary amides is 1. The number of nitrogens with zero attached hydrogens (tertiary/aromatic N) is 3. The second-order valence-electron chi connectivity index (χ2n) is 6.60. The van der Waals surface area contributed by atoms with E-state index in [0.717, 1.165) is 0 Å². The van der Waals surface area contributed by atoms with Crippen LogP contribution < -0.4 is 30.6 Å². The van der Waals surface area contributed by atoms with Gasteiger partial charge in [-0.2, -0.15) is 4.98 Å². The van der Waals surface area contributed by atoms with Crippen LogP contribution in [0, 0.1) is 0 Å². The molecule has 0 saturated carbocycles. The number of methoxy groups -OCH3 is 2. The van der Waals surface area contributed by atoms with E-state index in [-0.39, 0.29) is 35.7 Å². The molecular weight excluding hydrogens is 428 g/mol. The lowest BCUT2D eigenvalue weighted by Gasteiger charge is -2.15. The van der Waals surface area contributed by atoms with Crippen LogP contribution in [0.2, 0.25) is 0 Å². The first-order valence-corrected chi connectivity index (χ1v) is 10.0. The van der Waals surface area contributed by atoms with E-state index in [9.17, 15) is 9.59 Å². The molecular formula is C22H24N6O5. The second kappa shape index (κ2) is 10.8. The fraction of sp³-hybridized carbons (Fsp3) is 0.227. The van der Waals surface area contributed by atoms with Gasteiger partial charge in [0, 0.05) is 18.3 Å². The molecule has 11 heteroatoms. The van der Waals surface area contributed by atoms with Gasteiger partial charge in [0.05, 0.1) is 26.5 Å². The Morgan fingerprint density at radius 1 is 1.03 bits per heavy atom. The quantitative estimate of drug-likeness (QED) is 0.447. The molecule has 33 heavy (non-hydrogen) atoms. The molecule has 0 spiro atoms. The highest BCUT2D eigenvalue weighted by Gasteiger charge is 2.23. The van der Waals surface area contributed by atoms with Crippen LogP contribution in [0.1, 0.15) is 23.1 Å². The molecule has 0 atom stereocenters. The Labute approximate surface area is 190 Å². The molecule has 0 bridgehead atoms. The van der Waals surface area contributed by atoms with Crippen molar-refractivity contribution >= 4 is 11.9 Å². The summed E-state index contributed by atoms with van der Waals surface area (Å²) in [6.07, 6.45) is 1.54. The summed E-state index contributed by atoms with van der Waals surface area (Å²) in [5, 5.41) is 5.33. The van der Waals surface area contributed by atoms with Gasteiger partial charge in [0.2, 0.25) is 5.75 Å². The molecule has 0 aliphatic carbocycles. The number of benzene rings is 1. The highest BCUT2D eigenvalue weighted by molar-refractivity contribution is 5.95. The minimum absolute atomic E-state index is 0.0125. The van der Waals surface area contributed by atoms with Crippen LogP contribution in [0.25, 0.3) is 11.4 Å². The van der Waals surface area contributed by atoms with Crippen LogP contribution >= 0.6 is 0 Å². The minimum Gasteiger partial charge on any atom is -0.493 e. The van der Waals surface area contributed by atoms with Gasteiger partial charge in [-0.3, -0.25) is 9.78 Å². The average Bonchev–Trinajstić information content (AvgIpc) is 2.83. The third-order valence-electron chi connectivity index (χ3n) is 4.38. The van der Waals surface area contributed by atoms with Crippen molar-refractivity contribution in [2.75, 3.05) is 20.8 Å². The highest BCUT2D eigenvalue weighted by Crippen LogP contribution is 2.38. The standard InChI is InChI=1S/C22H24N6O5/c1-4-24-22(30)26-12-14-11-13(9-10-25-14)20-27-17(19(23)29)18(21(28-20)32-3)33-16-8-6-5-7-15(16)31-2/h5-11H,4,12H2,1-3H3,(H2,23,29)(H2,24,26,30). The highest BCUT2D eigenvalue weighted by atomic mass is 16.5. The average molecular weight is 452 g/mol. The summed E-state index contributed by atoms with van der Waals surface area (Å²) in [5.41, 5.74) is 6.53. The van der Waals surface area contributed by atoms with Crippen molar-refractivity contribution in [3.05, 3.63) is 54.0 Å². The van der Waals surface area contributed by atoms with Gasteiger partial charge in [0.1, 0.15) is 0 Å². The topological polar surface area (TPSA) is 151 Å². The summed E-state index contributed by atoms with van der Waals surface area (Å²) in [5.74, 6) is 0.102. The number of amides is 3. The van der Waals surface area contributed by atoms with Crippen molar-refractivity contribution in [1.82, 2.24) is 25.6 Å².